The van der Waals surface area contributed by atoms with Gasteiger partial charge in [0.05, 0.1) is 12.6 Å². The molecule has 1 saturated heterocycles. The summed E-state index contributed by atoms with van der Waals surface area (Å²) in [7, 11) is 0. The van der Waals surface area contributed by atoms with E-state index in [9.17, 15) is 22.4 Å². The van der Waals surface area contributed by atoms with Crippen LogP contribution in [-0.2, 0) is 4.79 Å². The Hall–Kier alpha value is -0.890. The third-order valence-electron chi connectivity index (χ3n) is 3.48. The number of nitrogens with zero attached hydrogens (tertiary/aromatic N) is 2. The van der Waals surface area contributed by atoms with Gasteiger partial charge in [-0.05, 0) is 12.3 Å². The zero-order valence-corrected chi connectivity index (χ0v) is 12.4. The molecule has 0 spiro atoms. The van der Waals surface area contributed by atoms with Gasteiger partial charge in [0.25, 0.3) is 0 Å². The Labute approximate surface area is 122 Å². The third kappa shape index (κ3) is 5.43. The lowest BCUT2D eigenvalue weighted by atomic mass is 10.0. The van der Waals surface area contributed by atoms with Crippen molar-refractivity contribution in [3.8, 4) is 0 Å². The summed E-state index contributed by atoms with van der Waals surface area (Å²) in [5.41, 5.74) is 5.80. The van der Waals surface area contributed by atoms with Crippen LogP contribution in [-0.4, -0.2) is 66.8 Å². The summed E-state index contributed by atoms with van der Waals surface area (Å²) in [4.78, 5) is 14.8. The monoisotopic (exact) mass is 313 g/mol. The van der Waals surface area contributed by atoms with E-state index in [0.29, 0.717) is 6.42 Å². The van der Waals surface area contributed by atoms with Crippen LogP contribution in [0.1, 0.15) is 20.3 Å². The van der Waals surface area contributed by atoms with Crippen LogP contribution in [0, 0.1) is 5.92 Å². The molecular weight excluding hydrogens is 290 g/mol. The van der Waals surface area contributed by atoms with Gasteiger partial charge in [-0.25, -0.2) is 8.78 Å². The van der Waals surface area contributed by atoms with Crippen molar-refractivity contribution in [3.63, 3.8) is 0 Å². The number of hydrogen-bond acceptors (Lipinski definition) is 3. The first-order chi connectivity index (χ1) is 9.63. The molecule has 0 aromatic rings. The minimum absolute atomic E-state index is 0.155. The number of carbonyl (C=O) groups excluding carboxylic acids is 1. The SMILES string of the molecule is CC(C)C[C@H](N)C(=O)N1CCN(CC(F)(F)C(F)F)CC1. The molecule has 0 aliphatic carbocycles. The molecule has 8 heteroatoms. The van der Waals surface area contributed by atoms with Crippen LogP contribution < -0.4 is 5.73 Å². The lowest BCUT2D eigenvalue weighted by molar-refractivity contribution is -0.148. The van der Waals surface area contributed by atoms with Crippen LogP contribution in [0.5, 0.6) is 0 Å². The Balaban J connectivity index is 2.43. The smallest absolute Gasteiger partial charge is 0.319 e. The van der Waals surface area contributed by atoms with Gasteiger partial charge in [0.2, 0.25) is 5.91 Å². The third-order valence-corrected chi connectivity index (χ3v) is 3.48. The van der Waals surface area contributed by atoms with Gasteiger partial charge in [-0.2, -0.15) is 8.78 Å². The van der Waals surface area contributed by atoms with Crippen LogP contribution in [0.3, 0.4) is 0 Å². The van der Waals surface area contributed by atoms with Crippen LogP contribution in [0.25, 0.3) is 0 Å². The topological polar surface area (TPSA) is 49.6 Å². The van der Waals surface area contributed by atoms with Crippen molar-refractivity contribution < 1.29 is 22.4 Å². The number of amides is 1. The molecular formula is C13H23F4N3O. The number of hydrogen-bond donors (Lipinski definition) is 1. The van der Waals surface area contributed by atoms with E-state index >= 15 is 0 Å². The Morgan fingerprint density at radius 3 is 2.14 bits per heavy atom. The van der Waals surface area contributed by atoms with Crippen molar-refractivity contribution in [2.24, 2.45) is 11.7 Å². The quantitative estimate of drug-likeness (QED) is 0.754. The molecule has 0 aromatic heterocycles. The summed E-state index contributed by atoms with van der Waals surface area (Å²) in [5.74, 6) is -3.93. The zero-order chi connectivity index (χ0) is 16.2. The zero-order valence-electron chi connectivity index (χ0n) is 12.4. The normalized spacial score (nSPS) is 19.4. The van der Waals surface area contributed by atoms with E-state index in [0.717, 1.165) is 0 Å². The second kappa shape index (κ2) is 7.40. The predicted molar refractivity (Wildman–Crippen MR) is 71.4 cm³/mol. The van der Waals surface area contributed by atoms with Crippen LogP contribution >= 0.6 is 0 Å². The highest BCUT2D eigenvalue weighted by Crippen LogP contribution is 2.24. The fraction of sp³-hybridized carbons (Fsp3) is 0.923. The Bertz CT molecular complexity index is 344. The Morgan fingerprint density at radius 2 is 1.71 bits per heavy atom. The standard InChI is InChI=1S/C13H23F4N3O/c1-9(2)7-10(18)11(21)20-5-3-19(4-6-20)8-13(16,17)12(14)15/h9-10,12H,3-8,18H2,1-2H3/t10-/m0/s1. The summed E-state index contributed by atoms with van der Waals surface area (Å²) >= 11 is 0. The average Bonchev–Trinajstić information content (AvgIpc) is 2.37. The maximum Gasteiger partial charge on any atom is 0.319 e. The van der Waals surface area contributed by atoms with Gasteiger partial charge >= 0.3 is 12.3 Å². The van der Waals surface area contributed by atoms with Crippen LogP contribution in [0.15, 0.2) is 0 Å². The molecule has 1 fully saturated rings. The van der Waals surface area contributed by atoms with Gasteiger partial charge in [-0.3, -0.25) is 9.69 Å². The highest BCUT2D eigenvalue weighted by atomic mass is 19.3. The van der Waals surface area contributed by atoms with E-state index in [1.807, 2.05) is 13.8 Å². The van der Waals surface area contributed by atoms with Crippen LogP contribution in [0.4, 0.5) is 17.6 Å². The minimum Gasteiger partial charge on any atom is -0.339 e. The van der Waals surface area contributed by atoms with Crippen molar-refractivity contribution >= 4 is 5.91 Å². The van der Waals surface area contributed by atoms with E-state index in [1.54, 1.807) is 0 Å². The molecule has 1 aliphatic rings. The van der Waals surface area contributed by atoms with Gasteiger partial charge in [-0.1, -0.05) is 13.8 Å². The molecule has 0 radical (unpaired) electrons. The van der Waals surface area contributed by atoms with Crippen LogP contribution in [0.2, 0.25) is 0 Å². The lowest BCUT2D eigenvalue weighted by Crippen LogP contribution is -2.55. The molecule has 124 valence electrons. The van der Waals surface area contributed by atoms with Crippen molar-refractivity contribution in [2.45, 2.75) is 38.7 Å². The highest BCUT2D eigenvalue weighted by molar-refractivity contribution is 5.81. The maximum atomic E-state index is 13.0. The van der Waals surface area contributed by atoms with Gasteiger partial charge in [0.15, 0.2) is 0 Å². The van der Waals surface area contributed by atoms with Crippen molar-refractivity contribution in [1.82, 2.24) is 9.80 Å². The van der Waals surface area contributed by atoms with Gasteiger partial charge in [0.1, 0.15) is 0 Å². The first kappa shape index (κ1) is 18.2. The molecule has 0 saturated carbocycles. The molecule has 0 aromatic carbocycles. The number of piperazine rings is 1. The van der Waals surface area contributed by atoms with Crippen molar-refractivity contribution in [3.05, 3.63) is 0 Å². The Kier molecular flexibility index (Phi) is 6.40. The van der Waals surface area contributed by atoms with E-state index in [2.05, 4.69) is 0 Å². The molecule has 0 unspecified atom stereocenters. The number of nitrogens with two attached hydrogens (primary N) is 1. The molecule has 1 amide bonds. The lowest BCUT2D eigenvalue weighted by Gasteiger charge is -2.37. The van der Waals surface area contributed by atoms with E-state index < -0.39 is 24.9 Å². The molecule has 1 rings (SSSR count). The van der Waals surface area contributed by atoms with E-state index in [4.69, 9.17) is 5.73 Å². The van der Waals surface area contributed by atoms with Gasteiger partial charge < -0.3 is 10.6 Å². The first-order valence-corrected chi connectivity index (χ1v) is 7.06. The number of alkyl halides is 4. The number of carbonyl (C=O) groups is 1. The summed E-state index contributed by atoms with van der Waals surface area (Å²) in [6.45, 7) is 3.72. The van der Waals surface area contributed by atoms with Crippen molar-refractivity contribution in [1.29, 1.82) is 0 Å². The molecule has 1 heterocycles. The second-order valence-corrected chi connectivity index (χ2v) is 5.90. The molecule has 1 aliphatic heterocycles. The molecule has 1 atom stereocenters. The summed E-state index contributed by atoms with van der Waals surface area (Å²) in [6, 6.07) is -0.598. The molecule has 21 heavy (non-hydrogen) atoms. The predicted octanol–water partition coefficient (Wildman–Crippen LogP) is 1.40. The number of halogens is 4. The van der Waals surface area contributed by atoms with Gasteiger partial charge in [0, 0.05) is 26.2 Å². The second-order valence-electron chi connectivity index (χ2n) is 5.90. The van der Waals surface area contributed by atoms with Gasteiger partial charge in [-0.15, -0.1) is 0 Å². The number of rotatable bonds is 6. The fourth-order valence-corrected chi connectivity index (χ4v) is 2.34. The minimum atomic E-state index is -4.01. The molecule has 0 bridgehead atoms. The summed E-state index contributed by atoms with van der Waals surface area (Å²) < 4.78 is 50.2. The average molecular weight is 313 g/mol. The molecule has 2 N–H and O–H groups in total. The Morgan fingerprint density at radius 1 is 1.19 bits per heavy atom. The van der Waals surface area contributed by atoms with E-state index in [-0.39, 0.29) is 38.0 Å². The largest absolute Gasteiger partial charge is 0.339 e. The van der Waals surface area contributed by atoms with E-state index in [1.165, 1.54) is 9.80 Å². The summed E-state index contributed by atoms with van der Waals surface area (Å²) in [6.07, 6.45) is -3.11. The highest BCUT2D eigenvalue weighted by Gasteiger charge is 2.42. The molecule has 4 nitrogen and oxygen atoms in total. The summed E-state index contributed by atoms with van der Waals surface area (Å²) in [5, 5.41) is 0. The van der Waals surface area contributed by atoms with Crippen molar-refractivity contribution in [2.75, 3.05) is 32.7 Å². The maximum absolute atomic E-state index is 13.0. The first-order valence-electron chi connectivity index (χ1n) is 7.06. The fourth-order valence-electron chi connectivity index (χ4n) is 2.34.